The number of hydrogen-bond donors (Lipinski definition) is 0. The maximum absolute atomic E-state index is 13.8. The Balaban J connectivity index is 1.97. The number of benzene rings is 3. The highest BCUT2D eigenvalue weighted by Crippen LogP contribution is 2.43. The van der Waals surface area contributed by atoms with Crippen molar-refractivity contribution < 1.29 is 14.2 Å². The van der Waals surface area contributed by atoms with Crippen LogP contribution in [-0.4, -0.2) is 36.2 Å². The SMILES string of the molecule is COc1cc(C)c(-c2nc3ccccc3c(=O)n2N=Cc2cc(OC)c(OC(C)C)c(Br)c2Br)cc1C(C)C. The van der Waals surface area contributed by atoms with E-state index in [1.807, 2.05) is 57.2 Å². The molecule has 0 saturated heterocycles. The van der Waals surface area contributed by atoms with Crippen LogP contribution >= 0.6 is 31.9 Å². The Kier molecular flexibility index (Phi) is 8.81. The minimum absolute atomic E-state index is 0.0464. The smallest absolute Gasteiger partial charge is 0.282 e. The molecule has 1 aromatic heterocycles. The van der Waals surface area contributed by atoms with Gasteiger partial charge in [0.2, 0.25) is 0 Å². The Morgan fingerprint density at radius 1 is 0.974 bits per heavy atom. The second kappa shape index (κ2) is 11.9. The number of nitrogens with zero attached hydrogens (tertiary/aromatic N) is 3. The summed E-state index contributed by atoms with van der Waals surface area (Å²) in [6.45, 7) is 10.1. The largest absolute Gasteiger partial charge is 0.496 e. The second-order valence-electron chi connectivity index (χ2n) is 9.67. The molecule has 39 heavy (non-hydrogen) atoms. The van der Waals surface area contributed by atoms with E-state index in [1.165, 1.54) is 4.68 Å². The van der Waals surface area contributed by atoms with E-state index >= 15 is 0 Å². The van der Waals surface area contributed by atoms with Crippen LogP contribution in [0.1, 0.15) is 50.3 Å². The fraction of sp³-hybridized carbons (Fsp3) is 0.300. The topological polar surface area (TPSA) is 74.9 Å². The summed E-state index contributed by atoms with van der Waals surface area (Å²) in [6.07, 6.45) is 1.56. The van der Waals surface area contributed by atoms with Crippen molar-refractivity contribution in [2.24, 2.45) is 5.10 Å². The molecule has 0 fully saturated rings. The van der Waals surface area contributed by atoms with Crippen LogP contribution in [0.4, 0.5) is 0 Å². The monoisotopic (exact) mass is 655 g/mol. The fourth-order valence-corrected chi connectivity index (χ4v) is 5.20. The molecular weight excluding hydrogens is 626 g/mol. The third kappa shape index (κ3) is 5.75. The minimum atomic E-state index is -0.268. The predicted molar refractivity (Wildman–Crippen MR) is 164 cm³/mol. The van der Waals surface area contributed by atoms with Gasteiger partial charge in [-0.1, -0.05) is 26.0 Å². The van der Waals surface area contributed by atoms with Crippen LogP contribution in [0.5, 0.6) is 17.2 Å². The first-order chi connectivity index (χ1) is 18.6. The Morgan fingerprint density at radius 2 is 1.67 bits per heavy atom. The van der Waals surface area contributed by atoms with Gasteiger partial charge in [-0.05, 0) is 100 Å². The van der Waals surface area contributed by atoms with Crippen molar-refractivity contribution in [2.45, 2.75) is 46.6 Å². The zero-order valence-electron chi connectivity index (χ0n) is 23.0. The minimum Gasteiger partial charge on any atom is -0.496 e. The summed E-state index contributed by atoms with van der Waals surface area (Å²) < 4.78 is 19.9. The molecule has 0 aliphatic carbocycles. The van der Waals surface area contributed by atoms with Crippen molar-refractivity contribution >= 4 is 49.0 Å². The highest BCUT2D eigenvalue weighted by Gasteiger charge is 2.20. The van der Waals surface area contributed by atoms with E-state index in [4.69, 9.17) is 19.2 Å². The van der Waals surface area contributed by atoms with Gasteiger partial charge in [-0.2, -0.15) is 9.78 Å². The molecule has 0 N–H and O–H groups in total. The lowest BCUT2D eigenvalue weighted by Gasteiger charge is -2.18. The number of aryl methyl sites for hydroxylation is 1. The van der Waals surface area contributed by atoms with Gasteiger partial charge in [0, 0.05) is 15.6 Å². The lowest BCUT2D eigenvalue weighted by Crippen LogP contribution is -2.21. The van der Waals surface area contributed by atoms with Crippen LogP contribution in [0.3, 0.4) is 0 Å². The number of methoxy groups -OCH3 is 2. The molecule has 9 heteroatoms. The molecule has 0 aliphatic rings. The zero-order chi connectivity index (χ0) is 28.4. The Hall–Kier alpha value is -3.17. The number of halogens is 2. The molecule has 0 amide bonds. The van der Waals surface area contributed by atoms with E-state index in [-0.39, 0.29) is 17.6 Å². The van der Waals surface area contributed by atoms with Gasteiger partial charge in [-0.3, -0.25) is 4.79 Å². The average Bonchev–Trinajstić information content (AvgIpc) is 2.91. The molecule has 7 nitrogen and oxygen atoms in total. The van der Waals surface area contributed by atoms with Crippen LogP contribution in [-0.2, 0) is 0 Å². The molecule has 4 aromatic rings. The van der Waals surface area contributed by atoms with Gasteiger partial charge in [0.05, 0.1) is 41.9 Å². The van der Waals surface area contributed by atoms with Gasteiger partial charge >= 0.3 is 0 Å². The average molecular weight is 657 g/mol. The molecule has 4 rings (SSSR count). The lowest BCUT2D eigenvalue weighted by molar-refractivity contribution is 0.228. The lowest BCUT2D eigenvalue weighted by atomic mass is 9.96. The number of rotatable bonds is 8. The third-order valence-corrected chi connectivity index (χ3v) is 8.38. The van der Waals surface area contributed by atoms with Crippen molar-refractivity contribution in [1.29, 1.82) is 0 Å². The molecule has 1 heterocycles. The first-order valence-electron chi connectivity index (χ1n) is 12.5. The predicted octanol–water partition coefficient (Wildman–Crippen LogP) is 7.71. The summed E-state index contributed by atoms with van der Waals surface area (Å²) in [4.78, 5) is 18.7. The van der Waals surface area contributed by atoms with Gasteiger partial charge in [0.25, 0.3) is 5.56 Å². The van der Waals surface area contributed by atoms with Crippen molar-refractivity contribution in [3.05, 3.63) is 78.5 Å². The van der Waals surface area contributed by atoms with Gasteiger partial charge in [0.1, 0.15) is 5.75 Å². The Morgan fingerprint density at radius 3 is 2.31 bits per heavy atom. The molecule has 0 spiro atoms. The van der Waals surface area contributed by atoms with Crippen LogP contribution in [0.25, 0.3) is 22.3 Å². The van der Waals surface area contributed by atoms with Crippen LogP contribution in [0, 0.1) is 6.92 Å². The van der Waals surface area contributed by atoms with Gasteiger partial charge in [-0.25, -0.2) is 4.98 Å². The summed E-state index contributed by atoms with van der Waals surface area (Å²) >= 11 is 7.26. The summed E-state index contributed by atoms with van der Waals surface area (Å²) in [5, 5.41) is 5.15. The standard InChI is InChI=1S/C30H31Br2N3O4/c1-16(2)21-14-22(18(5)12-24(21)37-6)29-34-23-11-9-8-10-20(23)30(36)35(29)33-15-19-13-25(38-7)28(39-17(3)4)27(32)26(19)31/h8-17H,1-7H3. The van der Waals surface area contributed by atoms with Crippen molar-refractivity contribution in [2.75, 3.05) is 14.2 Å². The molecular formula is C30H31Br2N3O4. The Bertz CT molecular complexity index is 1630. The number of aromatic nitrogens is 2. The van der Waals surface area contributed by atoms with Crippen molar-refractivity contribution in [3.8, 4) is 28.6 Å². The molecule has 0 saturated carbocycles. The summed E-state index contributed by atoms with van der Waals surface area (Å²) in [6, 6.07) is 13.1. The molecule has 3 aromatic carbocycles. The third-order valence-electron chi connectivity index (χ3n) is 6.24. The number of para-hydroxylation sites is 1. The van der Waals surface area contributed by atoms with Crippen LogP contribution < -0.4 is 19.8 Å². The van der Waals surface area contributed by atoms with E-state index < -0.39 is 0 Å². The maximum Gasteiger partial charge on any atom is 0.282 e. The first-order valence-corrected chi connectivity index (χ1v) is 14.1. The molecule has 0 bridgehead atoms. The van der Waals surface area contributed by atoms with Crippen LogP contribution in [0.15, 0.2) is 61.3 Å². The molecule has 204 valence electrons. The Labute approximate surface area is 245 Å². The van der Waals surface area contributed by atoms with Crippen molar-refractivity contribution in [1.82, 2.24) is 9.66 Å². The van der Waals surface area contributed by atoms with E-state index in [9.17, 15) is 4.79 Å². The van der Waals surface area contributed by atoms with Gasteiger partial charge in [0.15, 0.2) is 17.3 Å². The summed E-state index contributed by atoms with van der Waals surface area (Å²) in [5.41, 5.74) is 3.77. The quantitative estimate of drug-likeness (QED) is 0.182. The fourth-order valence-electron chi connectivity index (χ4n) is 4.29. The molecule has 0 aliphatic heterocycles. The summed E-state index contributed by atoms with van der Waals surface area (Å²) in [7, 11) is 3.25. The molecule has 0 unspecified atom stereocenters. The van der Waals surface area contributed by atoms with E-state index in [0.29, 0.717) is 42.7 Å². The highest BCUT2D eigenvalue weighted by molar-refractivity contribution is 9.13. The summed E-state index contributed by atoms with van der Waals surface area (Å²) in [5.74, 6) is 2.57. The van der Waals surface area contributed by atoms with Crippen LogP contribution in [0.2, 0.25) is 0 Å². The van der Waals surface area contributed by atoms with Gasteiger partial charge in [-0.15, -0.1) is 0 Å². The second-order valence-corrected chi connectivity index (χ2v) is 11.3. The molecule has 0 radical (unpaired) electrons. The first kappa shape index (κ1) is 28.8. The molecule has 0 atom stereocenters. The normalized spacial score (nSPS) is 11.7. The highest BCUT2D eigenvalue weighted by atomic mass is 79.9. The number of hydrogen-bond acceptors (Lipinski definition) is 6. The zero-order valence-corrected chi connectivity index (χ0v) is 26.2. The maximum atomic E-state index is 13.8. The van der Waals surface area contributed by atoms with E-state index in [0.717, 1.165) is 22.4 Å². The van der Waals surface area contributed by atoms with Gasteiger partial charge < -0.3 is 14.2 Å². The van der Waals surface area contributed by atoms with Crippen molar-refractivity contribution in [3.63, 3.8) is 0 Å². The number of fused-ring (bicyclic) bond motifs is 1. The van der Waals surface area contributed by atoms with E-state index in [1.54, 1.807) is 26.5 Å². The van der Waals surface area contributed by atoms with E-state index in [2.05, 4.69) is 50.8 Å². The number of ether oxygens (including phenoxy) is 3.